The van der Waals surface area contributed by atoms with Gasteiger partial charge in [0.1, 0.15) is 5.82 Å². The largest absolute Gasteiger partial charge is 0.329 e. The summed E-state index contributed by atoms with van der Waals surface area (Å²) in [5, 5.41) is 3.15. The van der Waals surface area contributed by atoms with Crippen LogP contribution in [-0.4, -0.2) is 17.5 Å². The van der Waals surface area contributed by atoms with Crippen LogP contribution in [0.25, 0.3) is 0 Å². The summed E-state index contributed by atoms with van der Waals surface area (Å²) in [4.78, 5) is 14.8. The van der Waals surface area contributed by atoms with Crippen molar-refractivity contribution < 1.29 is 9.18 Å². The highest BCUT2D eigenvalue weighted by molar-refractivity contribution is 5.77. The van der Waals surface area contributed by atoms with Gasteiger partial charge in [-0.15, -0.1) is 0 Å². The van der Waals surface area contributed by atoms with Crippen LogP contribution in [0.5, 0.6) is 0 Å². The number of amides is 2. The first-order valence-corrected chi connectivity index (χ1v) is 10.5. The van der Waals surface area contributed by atoms with Gasteiger partial charge in [-0.05, 0) is 55.5 Å². The lowest BCUT2D eigenvalue weighted by Crippen LogP contribution is -2.46. The number of nitrogens with zero attached hydrogens (tertiary/aromatic N) is 1. The number of unbranched alkanes of at least 4 members (excludes halogenated alkanes) is 2. The molecule has 2 aromatic rings. The monoisotopic (exact) mass is 394 g/mol. The van der Waals surface area contributed by atoms with Crippen LogP contribution in [0.3, 0.4) is 0 Å². The summed E-state index contributed by atoms with van der Waals surface area (Å²) < 4.78 is 13.8. The Kier molecular flexibility index (Phi) is 6.73. The summed E-state index contributed by atoms with van der Waals surface area (Å²) in [6.07, 6.45) is 6.29. The van der Waals surface area contributed by atoms with Gasteiger partial charge in [-0.3, -0.25) is 0 Å². The van der Waals surface area contributed by atoms with E-state index in [4.69, 9.17) is 0 Å². The molecular formula is C25H31FN2O. The van der Waals surface area contributed by atoms with E-state index in [0.717, 1.165) is 36.8 Å². The van der Waals surface area contributed by atoms with E-state index in [-0.39, 0.29) is 17.8 Å². The van der Waals surface area contributed by atoms with Crippen LogP contribution in [0.4, 0.5) is 9.18 Å². The first-order valence-electron chi connectivity index (χ1n) is 10.5. The first-order chi connectivity index (χ1) is 13.9. The maximum atomic E-state index is 13.8. The molecule has 0 bridgehead atoms. The summed E-state index contributed by atoms with van der Waals surface area (Å²) in [6.45, 7) is 6.73. The topological polar surface area (TPSA) is 32.3 Å². The third-order valence-electron chi connectivity index (χ3n) is 5.64. The SMILES string of the molecule is CCCCCC1=CN(C(=O)NC(C)(C)c2ccccc2)CC1c1cccc(F)c1. The zero-order valence-corrected chi connectivity index (χ0v) is 17.6. The third kappa shape index (κ3) is 5.26. The van der Waals surface area contributed by atoms with E-state index in [2.05, 4.69) is 12.2 Å². The Balaban J connectivity index is 1.77. The molecule has 1 aliphatic heterocycles. The van der Waals surface area contributed by atoms with Gasteiger partial charge in [0.15, 0.2) is 0 Å². The van der Waals surface area contributed by atoms with E-state index in [1.807, 2.05) is 56.4 Å². The van der Waals surface area contributed by atoms with Crippen molar-refractivity contribution in [2.75, 3.05) is 6.54 Å². The van der Waals surface area contributed by atoms with Crippen LogP contribution in [0.15, 0.2) is 66.4 Å². The van der Waals surface area contributed by atoms with Gasteiger partial charge in [0.05, 0.1) is 5.54 Å². The van der Waals surface area contributed by atoms with Crippen LogP contribution in [0, 0.1) is 5.82 Å². The van der Waals surface area contributed by atoms with E-state index >= 15 is 0 Å². The molecule has 1 heterocycles. The second-order valence-corrected chi connectivity index (χ2v) is 8.34. The first kappa shape index (κ1) is 21.1. The average Bonchev–Trinajstić information content (AvgIpc) is 3.13. The molecular weight excluding hydrogens is 363 g/mol. The number of carbonyl (C=O) groups is 1. The zero-order chi connectivity index (χ0) is 20.9. The Morgan fingerprint density at radius 3 is 2.59 bits per heavy atom. The lowest BCUT2D eigenvalue weighted by Gasteiger charge is -2.29. The number of urea groups is 1. The van der Waals surface area contributed by atoms with Crippen molar-refractivity contribution in [3.05, 3.63) is 83.3 Å². The Morgan fingerprint density at radius 2 is 1.90 bits per heavy atom. The zero-order valence-electron chi connectivity index (χ0n) is 17.6. The van der Waals surface area contributed by atoms with Crippen molar-refractivity contribution in [2.24, 2.45) is 0 Å². The van der Waals surface area contributed by atoms with Gasteiger partial charge < -0.3 is 10.2 Å². The summed E-state index contributed by atoms with van der Waals surface area (Å²) in [5.74, 6) is -0.184. The molecule has 0 aromatic heterocycles. The smallest absolute Gasteiger partial charge is 0.322 e. The van der Waals surface area contributed by atoms with Crippen LogP contribution < -0.4 is 5.32 Å². The second-order valence-electron chi connectivity index (χ2n) is 8.34. The van der Waals surface area contributed by atoms with E-state index in [0.29, 0.717) is 6.54 Å². The van der Waals surface area contributed by atoms with Crippen molar-refractivity contribution in [3.63, 3.8) is 0 Å². The average molecular weight is 395 g/mol. The molecule has 1 N–H and O–H groups in total. The summed E-state index contributed by atoms with van der Waals surface area (Å²) in [6, 6.07) is 16.6. The van der Waals surface area contributed by atoms with Crippen molar-refractivity contribution >= 4 is 6.03 Å². The number of hydrogen-bond acceptors (Lipinski definition) is 1. The van der Waals surface area contributed by atoms with E-state index < -0.39 is 5.54 Å². The van der Waals surface area contributed by atoms with Gasteiger partial charge in [-0.1, -0.05) is 62.2 Å². The number of benzene rings is 2. The molecule has 3 rings (SSSR count). The Morgan fingerprint density at radius 1 is 1.14 bits per heavy atom. The molecule has 0 saturated heterocycles. The van der Waals surface area contributed by atoms with Gasteiger partial charge in [0.2, 0.25) is 0 Å². The molecule has 0 spiro atoms. The predicted octanol–water partition coefficient (Wildman–Crippen LogP) is 6.33. The molecule has 29 heavy (non-hydrogen) atoms. The Bertz CT molecular complexity index is 860. The number of rotatable bonds is 7. The number of hydrogen-bond donors (Lipinski definition) is 1. The number of carbonyl (C=O) groups excluding carboxylic acids is 1. The predicted molar refractivity (Wildman–Crippen MR) is 116 cm³/mol. The standard InChI is InChI=1S/C25H31FN2O/c1-4-5-7-11-20-17-28(18-23(20)19-12-10-15-22(26)16-19)24(29)27-25(2,3)21-13-8-6-9-14-21/h6,8-10,12-17,23H,4-5,7,11,18H2,1-3H3,(H,27,29). The third-order valence-corrected chi connectivity index (χ3v) is 5.64. The van der Waals surface area contributed by atoms with Crippen LogP contribution in [0.2, 0.25) is 0 Å². The molecule has 1 unspecified atom stereocenters. The van der Waals surface area contributed by atoms with Crippen molar-refractivity contribution in [1.29, 1.82) is 0 Å². The van der Waals surface area contributed by atoms with Crippen molar-refractivity contribution in [1.82, 2.24) is 10.2 Å². The Hall–Kier alpha value is -2.62. The van der Waals surface area contributed by atoms with Crippen LogP contribution in [-0.2, 0) is 5.54 Å². The highest BCUT2D eigenvalue weighted by atomic mass is 19.1. The highest BCUT2D eigenvalue weighted by Crippen LogP contribution is 2.35. The fourth-order valence-corrected chi connectivity index (χ4v) is 3.93. The maximum Gasteiger partial charge on any atom is 0.322 e. The molecule has 1 aliphatic rings. The molecule has 0 saturated carbocycles. The number of nitrogens with one attached hydrogen (secondary N) is 1. The summed E-state index contributed by atoms with van der Waals surface area (Å²) in [7, 11) is 0. The van der Waals surface area contributed by atoms with E-state index in [1.54, 1.807) is 17.0 Å². The molecule has 4 heteroatoms. The molecule has 0 radical (unpaired) electrons. The number of halogens is 1. The lowest BCUT2D eigenvalue weighted by molar-refractivity contribution is 0.205. The molecule has 2 aromatic carbocycles. The summed E-state index contributed by atoms with van der Waals surface area (Å²) in [5.41, 5.74) is 2.72. The maximum absolute atomic E-state index is 13.8. The minimum atomic E-state index is -0.481. The fraction of sp³-hybridized carbons (Fsp3) is 0.400. The molecule has 0 aliphatic carbocycles. The van der Waals surface area contributed by atoms with Gasteiger partial charge >= 0.3 is 6.03 Å². The highest BCUT2D eigenvalue weighted by Gasteiger charge is 2.32. The summed E-state index contributed by atoms with van der Waals surface area (Å²) >= 11 is 0. The van der Waals surface area contributed by atoms with Crippen molar-refractivity contribution in [2.45, 2.75) is 57.9 Å². The fourth-order valence-electron chi connectivity index (χ4n) is 3.93. The quantitative estimate of drug-likeness (QED) is 0.547. The van der Waals surface area contributed by atoms with Gasteiger partial charge in [0, 0.05) is 18.7 Å². The van der Waals surface area contributed by atoms with E-state index in [9.17, 15) is 9.18 Å². The van der Waals surface area contributed by atoms with E-state index in [1.165, 1.54) is 11.6 Å². The molecule has 1 atom stereocenters. The lowest BCUT2D eigenvalue weighted by atomic mass is 9.90. The minimum Gasteiger partial charge on any atom is -0.329 e. The second kappa shape index (κ2) is 9.25. The Labute approximate surface area is 173 Å². The van der Waals surface area contributed by atoms with Crippen molar-refractivity contribution in [3.8, 4) is 0 Å². The molecule has 154 valence electrons. The van der Waals surface area contributed by atoms with Gasteiger partial charge in [-0.25, -0.2) is 9.18 Å². The van der Waals surface area contributed by atoms with Crippen LogP contribution >= 0.6 is 0 Å². The van der Waals surface area contributed by atoms with Gasteiger partial charge in [0.25, 0.3) is 0 Å². The molecule has 0 fully saturated rings. The minimum absolute atomic E-state index is 0.0492. The molecule has 3 nitrogen and oxygen atoms in total. The van der Waals surface area contributed by atoms with Gasteiger partial charge in [-0.2, -0.15) is 0 Å². The normalized spacial score (nSPS) is 16.6. The van der Waals surface area contributed by atoms with Crippen LogP contribution in [0.1, 0.15) is 63.5 Å². The molecule has 2 amide bonds.